The van der Waals surface area contributed by atoms with Crippen molar-refractivity contribution in [2.75, 3.05) is 13.7 Å². The number of nitrogens with one attached hydrogen (secondary N) is 1. The number of carbonyl (C=O) groups excluding carboxylic acids is 1. The van der Waals surface area contributed by atoms with Crippen LogP contribution >= 0.6 is 0 Å². The first-order chi connectivity index (χ1) is 10.9. The minimum atomic E-state index is -0.224. The summed E-state index contributed by atoms with van der Waals surface area (Å²) in [6.45, 7) is 6.97. The maximum Gasteiger partial charge on any atom is 0.223 e. The molecule has 1 amide bonds. The first kappa shape index (κ1) is 17.8. The van der Waals surface area contributed by atoms with Crippen LogP contribution in [0.3, 0.4) is 0 Å². The number of hydrogen-bond acceptors (Lipinski definition) is 3. The van der Waals surface area contributed by atoms with Crippen LogP contribution in [0.15, 0.2) is 24.3 Å². The van der Waals surface area contributed by atoms with E-state index in [-0.39, 0.29) is 17.6 Å². The van der Waals surface area contributed by atoms with Crippen LogP contribution < -0.4 is 10.1 Å². The van der Waals surface area contributed by atoms with E-state index in [2.05, 4.69) is 19.2 Å². The van der Waals surface area contributed by atoms with Crippen LogP contribution in [0.1, 0.15) is 58.1 Å². The maximum absolute atomic E-state index is 12.2. The number of benzene rings is 1. The summed E-state index contributed by atoms with van der Waals surface area (Å²) < 4.78 is 11.2. The Bertz CT molecular complexity index is 500. The summed E-state index contributed by atoms with van der Waals surface area (Å²) >= 11 is 0. The van der Waals surface area contributed by atoms with Crippen LogP contribution in [-0.4, -0.2) is 25.2 Å². The lowest BCUT2D eigenvalue weighted by Gasteiger charge is -2.40. The molecule has 23 heavy (non-hydrogen) atoms. The molecule has 0 bridgehead atoms. The molecule has 0 heterocycles. The molecular weight excluding hydrogens is 290 g/mol. The van der Waals surface area contributed by atoms with Gasteiger partial charge in [0.1, 0.15) is 5.75 Å². The van der Waals surface area contributed by atoms with Crippen molar-refractivity contribution in [2.24, 2.45) is 5.92 Å². The Morgan fingerprint density at radius 2 is 1.87 bits per heavy atom. The second kappa shape index (κ2) is 7.82. The summed E-state index contributed by atoms with van der Waals surface area (Å²) in [4.78, 5) is 12.2. The lowest BCUT2D eigenvalue weighted by Crippen LogP contribution is -2.44. The van der Waals surface area contributed by atoms with Gasteiger partial charge >= 0.3 is 0 Å². The Labute approximate surface area is 139 Å². The fourth-order valence-electron chi connectivity index (χ4n) is 2.81. The predicted octanol–water partition coefficient (Wildman–Crippen LogP) is 3.86. The van der Waals surface area contributed by atoms with E-state index in [9.17, 15) is 4.79 Å². The van der Waals surface area contributed by atoms with Gasteiger partial charge in [0.25, 0.3) is 0 Å². The summed E-state index contributed by atoms with van der Waals surface area (Å²) in [5.74, 6) is 1.43. The van der Waals surface area contributed by atoms with E-state index in [4.69, 9.17) is 9.47 Å². The summed E-state index contributed by atoms with van der Waals surface area (Å²) in [5.41, 5.74) is 0.855. The van der Waals surface area contributed by atoms with E-state index >= 15 is 0 Å². The van der Waals surface area contributed by atoms with Crippen molar-refractivity contribution in [3.8, 4) is 5.75 Å². The molecular formula is C19H29NO3. The van der Waals surface area contributed by atoms with Crippen LogP contribution in [0.4, 0.5) is 0 Å². The molecule has 1 aromatic rings. The molecule has 1 atom stereocenters. The van der Waals surface area contributed by atoms with Gasteiger partial charge in [-0.3, -0.25) is 4.79 Å². The summed E-state index contributed by atoms with van der Waals surface area (Å²) in [5, 5.41) is 3.06. The van der Waals surface area contributed by atoms with Gasteiger partial charge in [-0.25, -0.2) is 0 Å². The molecule has 0 saturated heterocycles. The van der Waals surface area contributed by atoms with Gasteiger partial charge in [-0.1, -0.05) is 26.0 Å². The molecule has 1 aliphatic rings. The van der Waals surface area contributed by atoms with E-state index < -0.39 is 0 Å². The molecule has 4 heteroatoms. The number of methoxy groups -OCH3 is 1. The standard InChI is InChI=1S/C19H29NO3/c1-14(2)13-23-17-8-6-16(7-9-17)15(3)20-18(21)12-19(22-4)10-5-11-19/h6-9,14-15H,5,10-13H2,1-4H3,(H,20,21). The van der Waals surface area contributed by atoms with Crippen molar-refractivity contribution in [1.29, 1.82) is 0 Å². The normalized spacial score (nSPS) is 17.4. The Morgan fingerprint density at radius 3 is 2.35 bits per heavy atom. The van der Waals surface area contributed by atoms with Crippen LogP contribution in [0.2, 0.25) is 0 Å². The molecule has 0 aliphatic heterocycles. The number of hydrogen-bond donors (Lipinski definition) is 1. The number of amides is 1. The highest BCUT2D eigenvalue weighted by Crippen LogP contribution is 2.38. The largest absolute Gasteiger partial charge is 0.493 e. The van der Waals surface area contributed by atoms with E-state index in [1.54, 1.807) is 7.11 Å². The van der Waals surface area contributed by atoms with Crippen molar-refractivity contribution in [3.63, 3.8) is 0 Å². The van der Waals surface area contributed by atoms with Gasteiger partial charge in [-0.2, -0.15) is 0 Å². The predicted molar refractivity (Wildman–Crippen MR) is 91.5 cm³/mol. The quantitative estimate of drug-likeness (QED) is 0.791. The first-order valence-electron chi connectivity index (χ1n) is 8.51. The molecule has 128 valence electrons. The topological polar surface area (TPSA) is 47.6 Å². The maximum atomic E-state index is 12.2. The van der Waals surface area contributed by atoms with Crippen LogP contribution in [0, 0.1) is 5.92 Å². The van der Waals surface area contributed by atoms with E-state index in [1.807, 2.05) is 31.2 Å². The lowest BCUT2D eigenvalue weighted by atomic mass is 9.77. The van der Waals surface area contributed by atoms with Gasteiger partial charge < -0.3 is 14.8 Å². The molecule has 2 rings (SSSR count). The second-order valence-electron chi connectivity index (χ2n) is 6.98. The van der Waals surface area contributed by atoms with Crippen molar-refractivity contribution < 1.29 is 14.3 Å². The van der Waals surface area contributed by atoms with Gasteiger partial charge in [0.05, 0.1) is 24.7 Å². The van der Waals surface area contributed by atoms with Gasteiger partial charge in [-0.15, -0.1) is 0 Å². The van der Waals surface area contributed by atoms with Crippen LogP contribution in [0.5, 0.6) is 5.75 Å². The number of rotatable bonds is 8. The highest BCUT2D eigenvalue weighted by Gasteiger charge is 2.39. The third kappa shape index (κ3) is 4.96. The molecule has 1 saturated carbocycles. The second-order valence-corrected chi connectivity index (χ2v) is 6.98. The Kier molecular flexibility index (Phi) is 6.05. The van der Waals surface area contributed by atoms with Crippen molar-refractivity contribution in [1.82, 2.24) is 5.32 Å². The average molecular weight is 319 g/mol. The zero-order valence-corrected chi connectivity index (χ0v) is 14.7. The van der Waals surface area contributed by atoms with Crippen molar-refractivity contribution >= 4 is 5.91 Å². The van der Waals surface area contributed by atoms with Crippen molar-refractivity contribution in [3.05, 3.63) is 29.8 Å². The van der Waals surface area contributed by atoms with Gasteiger partial charge in [0.2, 0.25) is 5.91 Å². The zero-order valence-electron chi connectivity index (χ0n) is 14.7. The third-order valence-electron chi connectivity index (χ3n) is 4.52. The van der Waals surface area contributed by atoms with Crippen LogP contribution in [0.25, 0.3) is 0 Å². The number of ether oxygens (including phenoxy) is 2. The van der Waals surface area contributed by atoms with Gasteiger partial charge in [0, 0.05) is 7.11 Å². The van der Waals surface area contributed by atoms with E-state index in [0.717, 1.165) is 30.6 Å². The Balaban J connectivity index is 1.85. The SMILES string of the molecule is COC1(CC(=O)NC(C)c2ccc(OCC(C)C)cc2)CCC1. The van der Waals surface area contributed by atoms with Gasteiger partial charge in [-0.05, 0) is 49.8 Å². The highest BCUT2D eigenvalue weighted by molar-refractivity contribution is 5.77. The molecule has 0 aromatic heterocycles. The van der Waals surface area contributed by atoms with E-state index in [0.29, 0.717) is 18.9 Å². The Morgan fingerprint density at radius 1 is 1.22 bits per heavy atom. The van der Waals surface area contributed by atoms with Crippen LogP contribution in [-0.2, 0) is 9.53 Å². The molecule has 4 nitrogen and oxygen atoms in total. The monoisotopic (exact) mass is 319 g/mol. The molecule has 1 unspecified atom stereocenters. The smallest absolute Gasteiger partial charge is 0.223 e. The van der Waals surface area contributed by atoms with E-state index in [1.165, 1.54) is 0 Å². The molecule has 0 spiro atoms. The minimum Gasteiger partial charge on any atom is -0.493 e. The summed E-state index contributed by atoms with van der Waals surface area (Å²) in [6.07, 6.45) is 3.55. The summed E-state index contributed by atoms with van der Waals surface area (Å²) in [7, 11) is 1.70. The zero-order chi connectivity index (χ0) is 16.9. The molecule has 0 radical (unpaired) electrons. The third-order valence-corrected chi connectivity index (χ3v) is 4.52. The fraction of sp³-hybridized carbons (Fsp3) is 0.632. The minimum absolute atomic E-state index is 0.0179. The fourth-order valence-corrected chi connectivity index (χ4v) is 2.81. The first-order valence-corrected chi connectivity index (χ1v) is 8.51. The van der Waals surface area contributed by atoms with Crippen molar-refractivity contribution in [2.45, 2.75) is 58.1 Å². The molecule has 1 aliphatic carbocycles. The number of carbonyl (C=O) groups is 1. The molecule has 1 N–H and O–H groups in total. The van der Waals surface area contributed by atoms with Gasteiger partial charge in [0.15, 0.2) is 0 Å². The Hall–Kier alpha value is -1.55. The summed E-state index contributed by atoms with van der Waals surface area (Å²) in [6, 6.07) is 7.92. The average Bonchev–Trinajstić information content (AvgIpc) is 2.49. The molecule has 1 aromatic carbocycles. The lowest BCUT2D eigenvalue weighted by molar-refractivity contribution is -0.134. The molecule has 1 fully saturated rings. The highest BCUT2D eigenvalue weighted by atomic mass is 16.5.